The molecule has 0 bridgehead atoms. The molecule has 0 aliphatic rings. The van der Waals surface area contributed by atoms with Gasteiger partial charge in [0.1, 0.15) is 17.1 Å². The average molecular weight is 352 g/mol. The van der Waals surface area contributed by atoms with Gasteiger partial charge < -0.3 is 19.9 Å². The van der Waals surface area contributed by atoms with E-state index in [1.165, 1.54) is 0 Å². The van der Waals surface area contributed by atoms with Gasteiger partial charge >= 0.3 is 0 Å². The fourth-order valence-corrected chi connectivity index (χ4v) is 2.83. The fraction of sp³-hybridized carbons (Fsp3) is 0.300. The summed E-state index contributed by atoms with van der Waals surface area (Å²) in [6.45, 7) is 4.07. The zero-order valence-electron chi connectivity index (χ0n) is 15.5. The first-order valence-electron chi connectivity index (χ1n) is 8.51. The van der Waals surface area contributed by atoms with E-state index in [9.17, 15) is 4.79 Å². The van der Waals surface area contributed by atoms with Crippen molar-refractivity contribution in [3.05, 3.63) is 54.4 Å². The molecule has 136 valence electrons. The van der Waals surface area contributed by atoms with E-state index in [-0.39, 0.29) is 5.91 Å². The SMILES string of the molecule is COc1ccc(NC(C)(C)C(=O)NCc2nc3ccccc3n2C)cc1. The number of carbonyl (C=O) groups is 1. The second kappa shape index (κ2) is 7.07. The maximum absolute atomic E-state index is 12.7. The number of anilines is 1. The molecular formula is C20H24N4O2. The molecule has 1 heterocycles. The van der Waals surface area contributed by atoms with Crippen molar-refractivity contribution < 1.29 is 9.53 Å². The summed E-state index contributed by atoms with van der Waals surface area (Å²) in [6.07, 6.45) is 0. The van der Waals surface area contributed by atoms with Crippen molar-refractivity contribution >= 4 is 22.6 Å². The molecule has 0 aliphatic heterocycles. The molecule has 6 nitrogen and oxygen atoms in total. The van der Waals surface area contributed by atoms with Gasteiger partial charge in [-0.1, -0.05) is 12.1 Å². The second-order valence-corrected chi connectivity index (χ2v) is 6.74. The molecule has 0 saturated carbocycles. The fourth-order valence-electron chi connectivity index (χ4n) is 2.83. The number of aromatic nitrogens is 2. The van der Waals surface area contributed by atoms with Gasteiger partial charge in [0, 0.05) is 12.7 Å². The molecule has 2 N–H and O–H groups in total. The number of fused-ring (bicyclic) bond motifs is 1. The summed E-state index contributed by atoms with van der Waals surface area (Å²) in [6, 6.07) is 15.4. The van der Waals surface area contributed by atoms with E-state index in [4.69, 9.17) is 4.74 Å². The maximum Gasteiger partial charge on any atom is 0.245 e. The van der Waals surface area contributed by atoms with Crippen LogP contribution in [0.5, 0.6) is 5.75 Å². The van der Waals surface area contributed by atoms with E-state index in [1.54, 1.807) is 7.11 Å². The highest BCUT2D eigenvalue weighted by Crippen LogP contribution is 2.19. The van der Waals surface area contributed by atoms with Crippen LogP contribution in [0.15, 0.2) is 48.5 Å². The standard InChI is InChI=1S/C20H24N4O2/c1-20(2,23-14-9-11-15(26-4)12-10-14)19(25)21-13-18-22-16-7-5-6-8-17(16)24(18)3/h5-12,23H,13H2,1-4H3,(H,21,25). The van der Waals surface area contributed by atoms with Crippen LogP contribution >= 0.6 is 0 Å². The number of amides is 1. The number of nitrogens with zero attached hydrogens (tertiary/aromatic N) is 2. The minimum Gasteiger partial charge on any atom is -0.497 e. The number of methoxy groups -OCH3 is 1. The van der Waals surface area contributed by atoms with Crippen LogP contribution in [0, 0.1) is 0 Å². The summed E-state index contributed by atoms with van der Waals surface area (Å²) in [5.74, 6) is 1.50. The Hall–Kier alpha value is -3.02. The molecule has 2 aromatic carbocycles. The molecule has 0 fully saturated rings. The predicted molar refractivity (Wildman–Crippen MR) is 103 cm³/mol. The van der Waals surface area contributed by atoms with Crippen LogP contribution in [-0.4, -0.2) is 28.1 Å². The highest BCUT2D eigenvalue weighted by Gasteiger charge is 2.27. The van der Waals surface area contributed by atoms with Crippen LogP contribution in [0.25, 0.3) is 11.0 Å². The predicted octanol–water partition coefficient (Wildman–Crippen LogP) is 3.09. The summed E-state index contributed by atoms with van der Waals surface area (Å²) in [5, 5.41) is 6.23. The van der Waals surface area contributed by atoms with Gasteiger partial charge in [-0.15, -0.1) is 0 Å². The number of aryl methyl sites for hydroxylation is 1. The van der Waals surface area contributed by atoms with Gasteiger partial charge in [0.05, 0.1) is 24.7 Å². The Bertz CT molecular complexity index is 913. The zero-order valence-corrected chi connectivity index (χ0v) is 15.5. The number of hydrogen-bond donors (Lipinski definition) is 2. The third-order valence-corrected chi connectivity index (χ3v) is 4.40. The van der Waals surface area contributed by atoms with Gasteiger partial charge in [-0.05, 0) is 50.2 Å². The van der Waals surface area contributed by atoms with Crippen LogP contribution in [0.3, 0.4) is 0 Å². The van der Waals surface area contributed by atoms with Crippen molar-refractivity contribution in [1.82, 2.24) is 14.9 Å². The quantitative estimate of drug-likeness (QED) is 0.715. The van der Waals surface area contributed by atoms with Crippen molar-refractivity contribution in [1.29, 1.82) is 0 Å². The van der Waals surface area contributed by atoms with Crippen molar-refractivity contribution in [3.8, 4) is 5.75 Å². The Morgan fingerprint density at radius 2 is 1.85 bits per heavy atom. The molecular weight excluding hydrogens is 328 g/mol. The molecule has 3 rings (SSSR count). The number of imidazole rings is 1. The first kappa shape index (κ1) is 17.8. The van der Waals surface area contributed by atoms with E-state index in [0.717, 1.165) is 28.3 Å². The molecule has 1 amide bonds. The Morgan fingerprint density at radius 3 is 2.50 bits per heavy atom. The second-order valence-electron chi connectivity index (χ2n) is 6.74. The number of rotatable bonds is 6. The third kappa shape index (κ3) is 3.64. The number of carbonyl (C=O) groups excluding carboxylic acids is 1. The Kier molecular flexibility index (Phi) is 4.84. The number of ether oxygens (including phenoxy) is 1. The van der Waals surface area contributed by atoms with Crippen LogP contribution in [0.4, 0.5) is 5.69 Å². The molecule has 0 saturated heterocycles. The van der Waals surface area contributed by atoms with Gasteiger partial charge in [0.15, 0.2) is 0 Å². The highest BCUT2D eigenvalue weighted by molar-refractivity contribution is 5.88. The Balaban J connectivity index is 1.66. The minimum absolute atomic E-state index is 0.0969. The van der Waals surface area contributed by atoms with Gasteiger partial charge in [-0.3, -0.25) is 4.79 Å². The zero-order chi connectivity index (χ0) is 18.7. The molecule has 1 aromatic heterocycles. The van der Waals surface area contributed by atoms with Gasteiger partial charge in [-0.2, -0.15) is 0 Å². The number of benzene rings is 2. The van der Waals surface area contributed by atoms with E-state index in [0.29, 0.717) is 6.54 Å². The van der Waals surface area contributed by atoms with Gasteiger partial charge in [0.25, 0.3) is 0 Å². The molecule has 26 heavy (non-hydrogen) atoms. The van der Waals surface area contributed by atoms with Crippen LogP contribution < -0.4 is 15.4 Å². The van der Waals surface area contributed by atoms with Gasteiger partial charge in [0.2, 0.25) is 5.91 Å². The molecule has 0 atom stereocenters. The summed E-state index contributed by atoms with van der Waals surface area (Å²) in [7, 11) is 3.58. The molecule has 6 heteroatoms. The van der Waals surface area contributed by atoms with E-state index in [2.05, 4.69) is 15.6 Å². The monoisotopic (exact) mass is 352 g/mol. The molecule has 3 aromatic rings. The molecule has 0 aliphatic carbocycles. The van der Waals surface area contributed by atoms with Crippen LogP contribution in [-0.2, 0) is 18.4 Å². The van der Waals surface area contributed by atoms with Crippen LogP contribution in [0.2, 0.25) is 0 Å². The van der Waals surface area contributed by atoms with Crippen molar-refractivity contribution in [2.24, 2.45) is 7.05 Å². The first-order chi connectivity index (χ1) is 12.4. The lowest BCUT2D eigenvalue weighted by Crippen LogP contribution is -2.47. The lowest BCUT2D eigenvalue weighted by Gasteiger charge is -2.26. The van der Waals surface area contributed by atoms with Gasteiger partial charge in [-0.25, -0.2) is 4.98 Å². The lowest BCUT2D eigenvalue weighted by atomic mass is 10.0. The average Bonchev–Trinajstić information content (AvgIpc) is 2.96. The normalized spacial score (nSPS) is 11.4. The third-order valence-electron chi connectivity index (χ3n) is 4.40. The van der Waals surface area contributed by atoms with E-state index in [1.807, 2.05) is 74.0 Å². The van der Waals surface area contributed by atoms with Crippen molar-refractivity contribution in [2.75, 3.05) is 12.4 Å². The Morgan fingerprint density at radius 1 is 1.15 bits per heavy atom. The van der Waals surface area contributed by atoms with Crippen LogP contribution in [0.1, 0.15) is 19.7 Å². The highest BCUT2D eigenvalue weighted by atomic mass is 16.5. The van der Waals surface area contributed by atoms with E-state index >= 15 is 0 Å². The number of hydrogen-bond acceptors (Lipinski definition) is 4. The van der Waals surface area contributed by atoms with E-state index < -0.39 is 5.54 Å². The Labute approximate surface area is 153 Å². The summed E-state index contributed by atoms with van der Waals surface area (Å²) in [5.41, 5.74) is 2.06. The number of nitrogens with one attached hydrogen (secondary N) is 2. The largest absolute Gasteiger partial charge is 0.497 e. The minimum atomic E-state index is -0.765. The number of para-hydroxylation sites is 2. The topological polar surface area (TPSA) is 68.2 Å². The maximum atomic E-state index is 12.7. The molecule has 0 unspecified atom stereocenters. The van der Waals surface area contributed by atoms with Crippen molar-refractivity contribution in [2.45, 2.75) is 25.9 Å². The lowest BCUT2D eigenvalue weighted by molar-refractivity contribution is -0.124. The summed E-state index contributed by atoms with van der Waals surface area (Å²) >= 11 is 0. The molecule has 0 spiro atoms. The van der Waals surface area contributed by atoms with Crippen molar-refractivity contribution in [3.63, 3.8) is 0 Å². The summed E-state index contributed by atoms with van der Waals surface area (Å²) in [4.78, 5) is 17.2. The molecule has 0 radical (unpaired) electrons. The first-order valence-corrected chi connectivity index (χ1v) is 8.51. The summed E-state index contributed by atoms with van der Waals surface area (Å²) < 4.78 is 7.15. The smallest absolute Gasteiger partial charge is 0.245 e.